The van der Waals surface area contributed by atoms with Crippen molar-refractivity contribution in [1.82, 2.24) is 4.57 Å². The van der Waals surface area contributed by atoms with Crippen LogP contribution in [0, 0.1) is 5.92 Å². The molecule has 2 aliphatic carbocycles. The minimum atomic E-state index is 0.0714. The van der Waals surface area contributed by atoms with Gasteiger partial charge in [-0.25, -0.2) is 9.98 Å². The minimum absolute atomic E-state index is 0.0714. The molecule has 0 N–H and O–H groups in total. The number of amidine groups is 2. The highest BCUT2D eigenvalue weighted by molar-refractivity contribution is 6.14. The lowest BCUT2D eigenvalue weighted by Crippen LogP contribution is -2.09. The molecule has 0 amide bonds. The first-order chi connectivity index (χ1) is 32.1. The summed E-state index contributed by atoms with van der Waals surface area (Å²) in [5.41, 5.74) is 10.9. The van der Waals surface area contributed by atoms with Crippen LogP contribution in [0.3, 0.4) is 0 Å². The van der Waals surface area contributed by atoms with Crippen LogP contribution >= 0.6 is 0 Å². The minimum Gasteiger partial charge on any atom is -0.459 e. The maximum absolute atomic E-state index is 7.00. The Morgan fingerprint density at radius 3 is 2.15 bits per heavy atom. The fourth-order valence-electron chi connectivity index (χ4n) is 9.55. The first-order valence-electron chi connectivity index (χ1n) is 22.4. The summed E-state index contributed by atoms with van der Waals surface area (Å²) in [4.78, 5) is 14.8. The van der Waals surface area contributed by atoms with E-state index in [9.17, 15) is 0 Å². The molecular weight excluding hydrogens is 793 g/mol. The highest BCUT2D eigenvalue weighted by Crippen LogP contribution is 2.49. The summed E-state index contributed by atoms with van der Waals surface area (Å²) < 4.78 is 9.39. The molecule has 2 heterocycles. The molecule has 5 nitrogen and oxygen atoms in total. The number of rotatable bonds is 9. The zero-order valence-electron chi connectivity index (χ0n) is 35.8. The average molecular weight is 837 g/mol. The third-order valence-corrected chi connectivity index (χ3v) is 13.0. The Morgan fingerprint density at radius 2 is 1.35 bits per heavy atom. The Labute approximate surface area is 378 Å². The van der Waals surface area contributed by atoms with Gasteiger partial charge in [0.05, 0.1) is 29.2 Å². The Bertz CT molecular complexity index is 3580. The van der Waals surface area contributed by atoms with Crippen LogP contribution in [-0.2, 0) is 6.54 Å². The van der Waals surface area contributed by atoms with Gasteiger partial charge in [0.2, 0.25) is 0 Å². The first kappa shape index (κ1) is 38.5. The smallest absolute Gasteiger partial charge is 0.161 e. The summed E-state index contributed by atoms with van der Waals surface area (Å²) in [6.07, 6.45) is 15.5. The summed E-state index contributed by atoms with van der Waals surface area (Å²) in [7, 11) is 0. The number of fused-ring (bicyclic) bond motifs is 8. The van der Waals surface area contributed by atoms with E-state index < -0.39 is 0 Å². The zero-order chi connectivity index (χ0) is 43.3. The van der Waals surface area contributed by atoms with Crippen LogP contribution in [0.4, 0.5) is 0 Å². The van der Waals surface area contributed by atoms with Crippen LogP contribution in [0.1, 0.15) is 46.6 Å². The molecule has 3 aliphatic rings. The molecule has 0 saturated heterocycles. The Kier molecular flexibility index (Phi) is 9.60. The number of benzene rings is 8. The van der Waals surface area contributed by atoms with Crippen molar-refractivity contribution in [2.24, 2.45) is 20.9 Å². The van der Waals surface area contributed by atoms with E-state index in [1.807, 2.05) is 0 Å². The van der Waals surface area contributed by atoms with Crippen molar-refractivity contribution in [3.8, 4) is 16.9 Å². The topological polar surface area (TPSA) is 51.2 Å². The third-order valence-electron chi connectivity index (χ3n) is 13.0. The second-order valence-corrected chi connectivity index (χ2v) is 17.2. The molecule has 1 atom stereocenters. The SMILES string of the molecule is C=N/C(=N\C(=N/Cc1ccc2ccccc2c1)c1ccc2ccccc2c1)c1ccc2c(c1)OC1=C(n3c4ccc(/C=C/CC5C=C5)cc4c4cc(-c5ccccc5)ccc43)C=CCC12. The molecule has 0 fully saturated rings. The van der Waals surface area contributed by atoms with Gasteiger partial charge < -0.3 is 9.30 Å². The predicted molar refractivity (Wildman–Crippen MR) is 272 cm³/mol. The molecule has 1 aliphatic heterocycles. The van der Waals surface area contributed by atoms with Gasteiger partial charge in [0.15, 0.2) is 11.7 Å². The Hall–Kier alpha value is -8.15. The Balaban J connectivity index is 0.929. The predicted octanol–water partition coefficient (Wildman–Crippen LogP) is 14.8. The molecule has 12 rings (SSSR count). The number of aromatic nitrogens is 1. The zero-order valence-corrected chi connectivity index (χ0v) is 35.8. The Morgan fingerprint density at radius 1 is 0.646 bits per heavy atom. The lowest BCUT2D eigenvalue weighted by atomic mass is 9.90. The summed E-state index contributed by atoms with van der Waals surface area (Å²) in [5.74, 6) is 3.52. The standard InChI is InChI=1S/C60H44N4O/c1-61-59(63-60(48-27-26-44-16-6-8-18-46(44)35-48)62-38-41-23-25-43-15-5-7-17-45(43)33-41)49-28-30-50-51-19-10-20-56(58(51)65-57(50)37-49)64-54-31-24-40(12-9-11-39-21-22-39)34-52(54)53-36-47(29-32-55(53)64)42-13-3-2-4-14-42/h2-10,12-18,20-37,39,51H,1,11,19,38H2/b12-9+,62-60-,63-59-. The van der Waals surface area contributed by atoms with Gasteiger partial charge in [0, 0.05) is 27.5 Å². The van der Waals surface area contributed by atoms with Gasteiger partial charge in [-0.2, -0.15) is 0 Å². The van der Waals surface area contributed by atoms with E-state index in [0.717, 1.165) is 74.1 Å². The van der Waals surface area contributed by atoms with Crippen molar-refractivity contribution in [2.75, 3.05) is 0 Å². The molecule has 5 heteroatoms. The van der Waals surface area contributed by atoms with Gasteiger partial charge in [-0.1, -0.05) is 158 Å². The fourth-order valence-corrected chi connectivity index (χ4v) is 9.55. The van der Waals surface area contributed by atoms with E-state index in [1.165, 1.54) is 38.2 Å². The molecule has 1 aromatic heterocycles. The summed E-state index contributed by atoms with van der Waals surface area (Å²) in [6, 6.07) is 60.3. The number of aliphatic imine (C=N–C) groups is 3. The second-order valence-electron chi connectivity index (χ2n) is 17.2. The molecule has 8 aromatic carbocycles. The third kappa shape index (κ3) is 7.31. The van der Waals surface area contributed by atoms with Crippen molar-refractivity contribution in [3.63, 3.8) is 0 Å². The highest BCUT2D eigenvalue weighted by atomic mass is 16.5. The van der Waals surface area contributed by atoms with Crippen LogP contribution in [0.5, 0.6) is 5.75 Å². The lowest BCUT2D eigenvalue weighted by molar-refractivity contribution is 0.426. The van der Waals surface area contributed by atoms with E-state index >= 15 is 0 Å². The van der Waals surface area contributed by atoms with E-state index in [1.54, 1.807) is 0 Å². The van der Waals surface area contributed by atoms with Gasteiger partial charge in [-0.05, 0) is 118 Å². The molecule has 0 saturated carbocycles. The molecule has 0 bridgehead atoms. The van der Waals surface area contributed by atoms with Crippen LogP contribution < -0.4 is 4.74 Å². The molecule has 310 valence electrons. The summed E-state index contributed by atoms with van der Waals surface area (Å²) in [6.45, 7) is 4.47. The van der Waals surface area contributed by atoms with Crippen LogP contribution in [-0.4, -0.2) is 23.0 Å². The molecule has 0 radical (unpaired) electrons. The maximum Gasteiger partial charge on any atom is 0.161 e. The average Bonchev–Trinajstić information content (AvgIpc) is 4.03. The number of ether oxygens (including phenoxy) is 1. The quantitative estimate of drug-likeness (QED) is 0.0812. The fraction of sp³-hybridized carbons (Fsp3) is 0.0833. The van der Waals surface area contributed by atoms with Gasteiger partial charge in [0.25, 0.3) is 0 Å². The highest BCUT2D eigenvalue weighted by Gasteiger charge is 2.35. The van der Waals surface area contributed by atoms with E-state index in [0.29, 0.717) is 24.1 Å². The van der Waals surface area contributed by atoms with Crippen LogP contribution in [0.15, 0.2) is 221 Å². The van der Waals surface area contributed by atoms with Gasteiger partial charge in [-0.3, -0.25) is 4.99 Å². The van der Waals surface area contributed by atoms with Gasteiger partial charge in [0.1, 0.15) is 11.5 Å². The van der Waals surface area contributed by atoms with Gasteiger partial charge in [-0.15, -0.1) is 0 Å². The van der Waals surface area contributed by atoms with Crippen LogP contribution in [0.25, 0.3) is 66.3 Å². The van der Waals surface area contributed by atoms with E-state index in [4.69, 9.17) is 14.7 Å². The molecule has 0 spiro atoms. The summed E-state index contributed by atoms with van der Waals surface area (Å²) >= 11 is 0. The largest absolute Gasteiger partial charge is 0.459 e. The molecule has 9 aromatic rings. The normalized spacial score (nSPS) is 16.0. The molecule has 1 unspecified atom stereocenters. The van der Waals surface area contributed by atoms with Crippen molar-refractivity contribution in [1.29, 1.82) is 0 Å². The van der Waals surface area contributed by atoms with E-state index in [-0.39, 0.29) is 5.92 Å². The summed E-state index contributed by atoms with van der Waals surface area (Å²) in [5, 5.41) is 7.10. The van der Waals surface area contributed by atoms with Crippen LogP contribution in [0.2, 0.25) is 0 Å². The van der Waals surface area contributed by atoms with Crippen molar-refractivity contribution >= 4 is 73.5 Å². The van der Waals surface area contributed by atoms with Crippen molar-refractivity contribution < 1.29 is 4.74 Å². The molecular formula is C60H44N4O. The van der Waals surface area contributed by atoms with Crippen molar-refractivity contribution in [3.05, 3.63) is 234 Å². The second kappa shape index (κ2) is 16.2. The number of hydrogen-bond donors (Lipinski definition) is 0. The number of nitrogens with zero attached hydrogens (tertiary/aromatic N) is 4. The van der Waals surface area contributed by atoms with E-state index in [2.05, 4.69) is 223 Å². The number of hydrogen-bond acceptors (Lipinski definition) is 2. The maximum atomic E-state index is 7.00. The lowest BCUT2D eigenvalue weighted by Gasteiger charge is -2.20. The van der Waals surface area contributed by atoms with Crippen molar-refractivity contribution in [2.45, 2.75) is 25.3 Å². The molecule has 65 heavy (non-hydrogen) atoms. The first-order valence-corrected chi connectivity index (χ1v) is 22.4. The van der Waals surface area contributed by atoms with Gasteiger partial charge >= 0.3 is 0 Å². The number of allylic oxidation sites excluding steroid dienone is 7. The monoisotopic (exact) mass is 836 g/mol.